The topological polar surface area (TPSA) is 66.4 Å². The van der Waals surface area contributed by atoms with Crippen LogP contribution in [0.3, 0.4) is 0 Å². The van der Waals surface area contributed by atoms with Crippen molar-refractivity contribution in [2.75, 3.05) is 5.32 Å². The molecular weight excluding hydrogens is 499 g/mol. The summed E-state index contributed by atoms with van der Waals surface area (Å²) in [6, 6.07) is 10.4. The monoisotopic (exact) mass is 524 g/mol. The maximum atomic E-state index is 11.8. The first kappa shape index (κ1) is 21.5. The molecule has 0 bridgehead atoms. The number of amides is 1. The van der Waals surface area contributed by atoms with Gasteiger partial charge in [-0.1, -0.05) is 19.1 Å². The maximum Gasteiger partial charge on any atom is 0.221 e. The van der Waals surface area contributed by atoms with E-state index in [1.165, 1.54) is 6.92 Å². The molecule has 0 saturated carbocycles. The van der Waals surface area contributed by atoms with E-state index in [1.54, 1.807) is 0 Å². The molecular formula is C25H25IN4O. The molecule has 2 atom stereocenters. The van der Waals surface area contributed by atoms with Crippen LogP contribution in [0.1, 0.15) is 32.8 Å². The Bertz CT molecular complexity index is 1130. The fraction of sp³-hybridized carbons (Fsp3) is 0.240. The predicted octanol–water partition coefficient (Wildman–Crippen LogP) is 5.57. The number of carbonyl (C=O) groups excluding carboxylic acids is 1. The Hall–Kier alpha value is -2.74. The third kappa shape index (κ3) is 4.35. The van der Waals surface area contributed by atoms with Gasteiger partial charge in [0.2, 0.25) is 5.91 Å². The van der Waals surface area contributed by atoms with Gasteiger partial charge in [0.25, 0.3) is 0 Å². The third-order valence-electron chi connectivity index (χ3n) is 5.37. The van der Waals surface area contributed by atoms with Crippen LogP contribution in [0, 0.1) is 9.49 Å². The fourth-order valence-corrected chi connectivity index (χ4v) is 4.86. The van der Waals surface area contributed by atoms with Crippen molar-refractivity contribution in [3.63, 3.8) is 0 Å². The van der Waals surface area contributed by atoms with Crippen molar-refractivity contribution in [1.82, 2.24) is 10.3 Å². The molecule has 5 nitrogen and oxygen atoms in total. The zero-order valence-electron chi connectivity index (χ0n) is 17.8. The lowest BCUT2D eigenvalue weighted by Crippen LogP contribution is -2.31. The molecule has 1 amide bonds. The number of hydrogen-bond acceptors (Lipinski definition) is 4. The van der Waals surface area contributed by atoms with Crippen LogP contribution in [0.2, 0.25) is 0 Å². The van der Waals surface area contributed by atoms with Crippen LogP contribution in [-0.2, 0) is 4.79 Å². The van der Waals surface area contributed by atoms with Crippen molar-refractivity contribution in [1.29, 1.82) is 0 Å². The number of nitrogens with zero attached hydrogens (tertiary/aromatic N) is 2. The molecule has 2 unspecified atom stereocenters. The summed E-state index contributed by atoms with van der Waals surface area (Å²) in [7, 11) is 0. The normalized spacial score (nSPS) is 19.9. The van der Waals surface area contributed by atoms with E-state index in [4.69, 9.17) is 0 Å². The third-order valence-corrected chi connectivity index (χ3v) is 6.00. The van der Waals surface area contributed by atoms with Crippen LogP contribution in [0.15, 0.2) is 71.1 Å². The van der Waals surface area contributed by atoms with E-state index in [1.807, 2.05) is 37.5 Å². The number of carbonyl (C=O) groups is 1. The minimum Gasteiger partial charge on any atom is -0.376 e. The van der Waals surface area contributed by atoms with E-state index >= 15 is 0 Å². The summed E-state index contributed by atoms with van der Waals surface area (Å²) >= 11 is 2.36. The van der Waals surface area contributed by atoms with Gasteiger partial charge >= 0.3 is 0 Å². The highest BCUT2D eigenvalue weighted by atomic mass is 127. The Labute approximate surface area is 196 Å². The Morgan fingerprint density at radius 3 is 2.81 bits per heavy atom. The van der Waals surface area contributed by atoms with Gasteiger partial charge in [0, 0.05) is 51.3 Å². The number of pyridine rings is 1. The van der Waals surface area contributed by atoms with E-state index in [-0.39, 0.29) is 17.9 Å². The highest BCUT2D eigenvalue weighted by molar-refractivity contribution is 14.1. The van der Waals surface area contributed by atoms with Crippen LogP contribution in [0.5, 0.6) is 0 Å². The van der Waals surface area contributed by atoms with Gasteiger partial charge in [0.05, 0.1) is 17.4 Å². The van der Waals surface area contributed by atoms with Crippen molar-refractivity contribution >= 4 is 46.0 Å². The molecule has 31 heavy (non-hydrogen) atoms. The molecule has 4 rings (SSSR count). The number of aliphatic imine (C=N–C) groups is 1. The van der Waals surface area contributed by atoms with E-state index in [0.717, 1.165) is 49.5 Å². The molecule has 1 aromatic heterocycles. The second-order valence-corrected chi connectivity index (χ2v) is 8.81. The molecule has 6 heteroatoms. The highest BCUT2D eigenvalue weighted by Crippen LogP contribution is 2.48. The van der Waals surface area contributed by atoms with Crippen LogP contribution >= 0.6 is 22.6 Å². The number of anilines is 1. The smallest absolute Gasteiger partial charge is 0.221 e. The molecule has 2 aliphatic rings. The lowest BCUT2D eigenvalue weighted by atomic mass is 9.84. The quantitative estimate of drug-likeness (QED) is 0.398. The van der Waals surface area contributed by atoms with Gasteiger partial charge in [0.1, 0.15) is 0 Å². The number of nitrogens with one attached hydrogen (secondary N) is 2. The number of halogens is 1. The predicted molar refractivity (Wildman–Crippen MR) is 136 cm³/mol. The summed E-state index contributed by atoms with van der Waals surface area (Å²) in [6.45, 7) is 5.58. The largest absolute Gasteiger partial charge is 0.376 e. The first-order valence-electron chi connectivity index (χ1n) is 10.4. The first-order valence-corrected chi connectivity index (χ1v) is 11.5. The molecule has 2 aromatic rings. The minimum absolute atomic E-state index is 0.000330. The number of aromatic nitrogens is 1. The summed E-state index contributed by atoms with van der Waals surface area (Å²) in [5, 5.41) is 6.75. The highest BCUT2D eigenvalue weighted by Gasteiger charge is 2.38. The van der Waals surface area contributed by atoms with E-state index in [2.05, 4.69) is 80.5 Å². The molecule has 1 aromatic carbocycles. The number of rotatable bonds is 5. The Kier molecular flexibility index (Phi) is 6.36. The summed E-state index contributed by atoms with van der Waals surface area (Å²) in [5.74, 6) is -0.0806. The van der Waals surface area contributed by atoms with Crippen LogP contribution < -0.4 is 10.6 Å². The Balaban J connectivity index is 1.88. The lowest BCUT2D eigenvalue weighted by Gasteiger charge is -2.28. The van der Waals surface area contributed by atoms with Crippen LogP contribution in [-0.4, -0.2) is 23.1 Å². The Morgan fingerprint density at radius 2 is 2.13 bits per heavy atom. The summed E-state index contributed by atoms with van der Waals surface area (Å²) in [5.41, 5.74) is 7.21. The SMILES string of the molecule is CC=N/C(=C\CC)C1C=C(NC(C)=O)C=C2c3cc(I)cc(-c4ccccn4)c3NC21. The second-order valence-electron chi connectivity index (χ2n) is 7.57. The zero-order chi connectivity index (χ0) is 22.0. The van der Waals surface area contributed by atoms with Crippen molar-refractivity contribution in [3.8, 4) is 11.3 Å². The van der Waals surface area contributed by atoms with Gasteiger partial charge in [-0.15, -0.1) is 0 Å². The van der Waals surface area contributed by atoms with Crippen molar-refractivity contribution in [3.05, 3.63) is 75.3 Å². The minimum atomic E-state index is -0.0803. The fourth-order valence-electron chi connectivity index (χ4n) is 4.24. The zero-order valence-corrected chi connectivity index (χ0v) is 20.0. The standard InChI is InChI=1S/C25H25IN4O/c1-4-8-22(27-5-2)21-14-17(29-15(3)31)13-19-18-11-16(26)12-20(24(18)30-25(19)21)23-9-6-7-10-28-23/h5-14,21,25,30H,4H2,1-3H3,(H,29,31)/b22-8-,27-5?. The Morgan fingerprint density at radius 1 is 1.32 bits per heavy atom. The average molecular weight is 524 g/mol. The van der Waals surface area contributed by atoms with Gasteiger partial charge in [-0.2, -0.15) is 0 Å². The molecule has 2 N–H and O–H groups in total. The van der Waals surface area contributed by atoms with Crippen LogP contribution in [0.25, 0.3) is 16.8 Å². The summed E-state index contributed by atoms with van der Waals surface area (Å²) in [4.78, 5) is 21.1. The number of benzene rings is 1. The maximum absolute atomic E-state index is 11.8. The van der Waals surface area contributed by atoms with Gasteiger partial charge in [-0.25, -0.2) is 0 Å². The number of allylic oxidation sites excluding steroid dienone is 2. The molecule has 2 heterocycles. The van der Waals surface area contributed by atoms with Gasteiger partial charge in [-0.05, 0) is 77.9 Å². The first-order chi connectivity index (χ1) is 15.0. The molecule has 158 valence electrons. The number of hydrogen-bond donors (Lipinski definition) is 2. The van der Waals surface area contributed by atoms with E-state index in [9.17, 15) is 4.79 Å². The van der Waals surface area contributed by atoms with Gasteiger partial charge in [0.15, 0.2) is 0 Å². The van der Waals surface area contributed by atoms with Gasteiger partial charge < -0.3 is 10.6 Å². The summed E-state index contributed by atoms with van der Waals surface area (Å²) < 4.78 is 1.14. The summed E-state index contributed by atoms with van der Waals surface area (Å²) in [6.07, 6.45) is 10.9. The average Bonchev–Trinajstić information content (AvgIpc) is 3.11. The molecule has 0 fully saturated rings. The van der Waals surface area contributed by atoms with E-state index in [0.29, 0.717) is 0 Å². The molecule has 0 spiro atoms. The van der Waals surface area contributed by atoms with Gasteiger partial charge in [-0.3, -0.25) is 14.8 Å². The molecule has 0 saturated heterocycles. The number of fused-ring (bicyclic) bond motifs is 3. The second kappa shape index (κ2) is 9.18. The lowest BCUT2D eigenvalue weighted by molar-refractivity contribution is -0.118. The van der Waals surface area contributed by atoms with Crippen LogP contribution in [0.4, 0.5) is 5.69 Å². The molecule has 1 aliphatic heterocycles. The van der Waals surface area contributed by atoms with E-state index < -0.39 is 0 Å². The molecule has 1 aliphatic carbocycles. The van der Waals surface area contributed by atoms with Crippen molar-refractivity contribution in [2.45, 2.75) is 33.2 Å². The van der Waals surface area contributed by atoms with Crippen molar-refractivity contribution in [2.24, 2.45) is 10.9 Å². The van der Waals surface area contributed by atoms with Crippen molar-refractivity contribution < 1.29 is 4.79 Å². The molecule has 0 radical (unpaired) electrons.